The summed E-state index contributed by atoms with van der Waals surface area (Å²) >= 11 is 5.20. The van der Waals surface area contributed by atoms with Gasteiger partial charge in [-0.15, -0.1) is 0 Å². The summed E-state index contributed by atoms with van der Waals surface area (Å²) in [6.45, 7) is 7.41. The van der Waals surface area contributed by atoms with Crippen molar-refractivity contribution in [1.29, 1.82) is 0 Å². The van der Waals surface area contributed by atoms with Crippen molar-refractivity contribution in [2.75, 3.05) is 18.5 Å². The third-order valence-electron chi connectivity index (χ3n) is 3.87. The maximum atomic E-state index is 12.3. The molecule has 2 rings (SSSR count). The predicted octanol–water partition coefficient (Wildman–Crippen LogP) is 3.99. The molecule has 6 nitrogen and oxygen atoms in total. The topological polar surface area (TPSA) is 79.5 Å². The number of carbonyl (C=O) groups is 2. The molecule has 2 amide bonds. The molecule has 3 N–H and O–H groups in total. The van der Waals surface area contributed by atoms with Crippen LogP contribution in [0.3, 0.4) is 0 Å². The fraction of sp³-hybridized carbons (Fsp3) is 0.318. The summed E-state index contributed by atoms with van der Waals surface area (Å²) in [6.07, 6.45) is 0.882. The maximum Gasteiger partial charge on any atom is 0.257 e. The fourth-order valence-corrected chi connectivity index (χ4v) is 2.56. The Morgan fingerprint density at radius 1 is 0.966 bits per heavy atom. The third kappa shape index (κ3) is 7.54. The highest BCUT2D eigenvalue weighted by Gasteiger charge is 2.09. The zero-order valence-corrected chi connectivity index (χ0v) is 17.8. The Hall–Kier alpha value is -2.93. The molecule has 154 valence electrons. The van der Waals surface area contributed by atoms with Gasteiger partial charge in [0.05, 0.1) is 6.61 Å². The first kappa shape index (κ1) is 22.4. The summed E-state index contributed by atoms with van der Waals surface area (Å²) in [4.78, 5) is 24.2. The molecule has 0 saturated carbocycles. The molecule has 0 radical (unpaired) electrons. The first-order valence-corrected chi connectivity index (χ1v) is 10.0. The van der Waals surface area contributed by atoms with Crippen LogP contribution in [0.2, 0.25) is 0 Å². The van der Waals surface area contributed by atoms with Crippen molar-refractivity contribution in [3.8, 4) is 5.75 Å². The number of hydrogen-bond acceptors (Lipinski definition) is 4. The van der Waals surface area contributed by atoms with E-state index in [1.807, 2.05) is 6.92 Å². The Kier molecular flexibility index (Phi) is 8.61. The molecule has 0 aliphatic rings. The van der Waals surface area contributed by atoms with Crippen LogP contribution in [0.1, 0.15) is 47.9 Å². The van der Waals surface area contributed by atoms with Gasteiger partial charge in [-0.3, -0.25) is 14.9 Å². The molecule has 0 bridgehead atoms. The van der Waals surface area contributed by atoms with E-state index in [-0.39, 0.29) is 16.9 Å². The number of anilines is 1. The smallest absolute Gasteiger partial charge is 0.257 e. The van der Waals surface area contributed by atoms with Crippen LogP contribution >= 0.6 is 12.2 Å². The van der Waals surface area contributed by atoms with Gasteiger partial charge in [-0.25, -0.2) is 0 Å². The summed E-state index contributed by atoms with van der Waals surface area (Å²) in [5, 5.41) is 8.58. The number of carbonyl (C=O) groups excluding carboxylic acids is 2. The SMILES string of the molecule is CCCNC(=O)c1ccc(NC(=S)NC(=O)c2ccc(OCC(C)C)cc2)cc1. The molecule has 2 aromatic carbocycles. The lowest BCUT2D eigenvalue weighted by Gasteiger charge is -2.11. The standard InChI is InChI=1S/C22H27N3O3S/c1-4-13-23-20(26)16-5-9-18(10-6-16)24-22(29)25-21(27)17-7-11-19(12-8-17)28-14-15(2)3/h5-12,15H,4,13-14H2,1-3H3,(H,23,26)(H2,24,25,27,29). The van der Waals surface area contributed by atoms with Crippen molar-refractivity contribution < 1.29 is 14.3 Å². The molecule has 2 aromatic rings. The second-order valence-corrected chi connectivity index (χ2v) is 7.38. The number of thiocarbonyl (C=S) groups is 1. The summed E-state index contributed by atoms with van der Waals surface area (Å²) in [7, 11) is 0. The third-order valence-corrected chi connectivity index (χ3v) is 4.07. The van der Waals surface area contributed by atoms with Gasteiger partial charge in [0.2, 0.25) is 0 Å². The van der Waals surface area contributed by atoms with E-state index in [0.29, 0.717) is 35.9 Å². The van der Waals surface area contributed by atoms with Gasteiger partial charge in [0, 0.05) is 23.4 Å². The van der Waals surface area contributed by atoms with Crippen molar-refractivity contribution in [2.24, 2.45) is 5.92 Å². The van der Waals surface area contributed by atoms with Gasteiger partial charge in [-0.1, -0.05) is 20.8 Å². The maximum absolute atomic E-state index is 12.3. The number of rotatable bonds is 8. The molecule has 0 aliphatic heterocycles. The lowest BCUT2D eigenvalue weighted by molar-refractivity contribution is 0.0951. The second-order valence-electron chi connectivity index (χ2n) is 6.97. The molecule has 0 unspecified atom stereocenters. The van der Waals surface area contributed by atoms with Crippen LogP contribution in [0.4, 0.5) is 5.69 Å². The summed E-state index contributed by atoms with van der Waals surface area (Å²) in [5.41, 5.74) is 1.73. The highest BCUT2D eigenvalue weighted by molar-refractivity contribution is 7.80. The number of hydrogen-bond donors (Lipinski definition) is 3. The largest absolute Gasteiger partial charge is 0.493 e. The Morgan fingerprint density at radius 3 is 2.14 bits per heavy atom. The van der Waals surface area contributed by atoms with E-state index >= 15 is 0 Å². The quantitative estimate of drug-likeness (QED) is 0.571. The van der Waals surface area contributed by atoms with Crippen LogP contribution in [-0.2, 0) is 0 Å². The monoisotopic (exact) mass is 413 g/mol. The normalized spacial score (nSPS) is 10.3. The molecule has 0 heterocycles. The van der Waals surface area contributed by atoms with E-state index in [1.165, 1.54) is 0 Å². The van der Waals surface area contributed by atoms with E-state index in [9.17, 15) is 9.59 Å². The Balaban J connectivity index is 1.86. The molecule has 0 saturated heterocycles. The Labute approximate surface area is 177 Å². The summed E-state index contributed by atoms with van der Waals surface area (Å²) < 4.78 is 5.61. The van der Waals surface area contributed by atoms with E-state index in [0.717, 1.165) is 12.2 Å². The van der Waals surface area contributed by atoms with Crippen molar-refractivity contribution in [1.82, 2.24) is 10.6 Å². The zero-order chi connectivity index (χ0) is 21.2. The number of amides is 2. The number of nitrogens with one attached hydrogen (secondary N) is 3. The van der Waals surface area contributed by atoms with Crippen molar-refractivity contribution >= 4 is 34.8 Å². The number of benzene rings is 2. The minimum absolute atomic E-state index is 0.116. The van der Waals surface area contributed by atoms with Gasteiger partial charge >= 0.3 is 0 Å². The number of ether oxygens (including phenoxy) is 1. The van der Waals surface area contributed by atoms with Crippen molar-refractivity contribution in [3.63, 3.8) is 0 Å². The van der Waals surface area contributed by atoms with Crippen LogP contribution in [0.25, 0.3) is 0 Å². The minimum atomic E-state index is -0.312. The highest BCUT2D eigenvalue weighted by Crippen LogP contribution is 2.14. The molecule has 29 heavy (non-hydrogen) atoms. The first-order valence-electron chi connectivity index (χ1n) is 9.62. The molecule has 0 fully saturated rings. The average molecular weight is 414 g/mol. The van der Waals surface area contributed by atoms with Gasteiger partial charge in [-0.05, 0) is 73.1 Å². The minimum Gasteiger partial charge on any atom is -0.493 e. The molecular weight excluding hydrogens is 386 g/mol. The van der Waals surface area contributed by atoms with E-state index in [4.69, 9.17) is 17.0 Å². The highest BCUT2D eigenvalue weighted by atomic mass is 32.1. The predicted molar refractivity (Wildman–Crippen MR) is 120 cm³/mol. The second kappa shape index (κ2) is 11.2. The van der Waals surface area contributed by atoms with E-state index in [1.54, 1.807) is 48.5 Å². The molecule has 0 aromatic heterocycles. The zero-order valence-electron chi connectivity index (χ0n) is 17.0. The van der Waals surface area contributed by atoms with E-state index in [2.05, 4.69) is 29.8 Å². The molecular formula is C22H27N3O3S. The fourth-order valence-electron chi connectivity index (χ4n) is 2.35. The van der Waals surface area contributed by atoms with Crippen LogP contribution in [0.15, 0.2) is 48.5 Å². The van der Waals surface area contributed by atoms with E-state index < -0.39 is 0 Å². The first-order chi connectivity index (χ1) is 13.9. The van der Waals surface area contributed by atoms with Crippen LogP contribution < -0.4 is 20.7 Å². The van der Waals surface area contributed by atoms with Gasteiger partial charge in [0.1, 0.15) is 5.75 Å². The van der Waals surface area contributed by atoms with Gasteiger partial charge < -0.3 is 15.4 Å². The molecule has 0 aliphatic carbocycles. The van der Waals surface area contributed by atoms with Gasteiger partial charge in [-0.2, -0.15) is 0 Å². The molecule has 7 heteroatoms. The average Bonchev–Trinajstić information content (AvgIpc) is 2.71. The Morgan fingerprint density at radius 2 is 1.55 bits per heavy atom. The lowest BCUT2D eigenvalue weighted by Crippen LogP contribution is -2.34. The summed E-state index contributed by atoms with van der Waals surface area (Å²) in [5.74, 6) is 0.726. The van der Waals surface area contributed by atoms with Crippen molar-refractivity contribution in [2.45, 2.75) is 27.2 Å². The summed E-state index contributed by atoms with van der Waals surface area (Å²) in [6, 6.07) is 13.8. The van der Waals surface area contributed by atoms with Crippen LogP contribution in [0, 0.1) is 5.92 Å². The van der Waals surface area contributed by atoms with Crippen molar-refractivity contribution in [3.05, 3.63) is 59.7 Å². The van der Waals surface area contributed by atoms with Crippen LogP contribution in [0.5, 0.6) is 5.75 Å². The van der Waals surface area contributed by atoms with Gasteiger partial charge in [0.15, 0.2) is 5.11 Å². The van der Waals surface area contributed by atoms with Gasteiger partial charge in [0.25, 0.3) is 11.8 Å². The Bertz CT molecular complexity index is 833. The molecule has 0 spiro atoms. The van der Waals surface area contributed by atoms with Crippen LogP contribution in [-0.4, -0.2) is 30.1 Å². The lowest BCUT2D eigenvalue weighted by atomic mass is 10.2. The molecule has 0 atom stereocenters.